The Morgan fingerprint density at radius 1 is 1.22 bits per heavy atom. The first-order valence-corrected chi connectivity index (χ1v) is 14.0. The molecule has 4 aliphatic carbocycles. The summed E-state index contributed by atoms with van der Waals surface area (Å²) < 4.78 is 97.8. The van der Waals surface area contributed by atoms with Crippen LogP contribution < -0.4 is 34.9 Å². The average Bonchev–Trinajstić information content (AvgIpc) is 3.21. The van der Waals surface area contributed by atoms with Gasteiger partial charge in [-0.1, -0.05) is 20.8 Å². The molecule has 0 saturated heterocycles. The fourth-order valence-electron chi connectivity index (χ4n) is 8.22. The second kappa shape index (κ2) is 11.4. The van der Waals surface area contributed by atoms with Gasteiger partial charge in [0.05, 0.1) is 36.9 Å². The summed E-state index contributed by atoms with van der Waals surface area (Å²) in [4.78, 5) is 12.5. The van der Waals surface area contributed by atoms with Gasteiger partial charge in [-0.2, -0.15) is 0 Å². The summed E-state index contributed by atoms with van der Waals surface area (Å²) in [7, 11) is -5.73. The molecule has 4 rings (SSSR count). The average molecular weight is 546 g/mol. The summed E-state index contributed by atoms with van der Waals surface area (Å²) in [5.74, 6) is -3.00. The SMILES string of the molecule is [2H]C1([2H])C[C@@]2(C)[C@H](C[C@@H](O)[C@@H]3[C@@H]2C[C@H](O)[C@]2(C)[C@@H]([C@H](C)CCC(=O)NC([2H])([2H])C([2H])([2H])S(=O)(=O)[O-])CC[C@@H]32)C([2H])([2H])[C@@H]1O.[Na+]. The maximum absolute atomic E-state index is 12.5. The smallest absolute Gasteiger partial charge is 0.748 e. The van der Waals surface area contributed by atoms with Crippen molar-refractivity contribution >= 4 is 16.0 Å². The van der Waals surface area contributed by atoms with Crippen molar-refractivity contribution < 1.29 is 73.6 Å². The van der Waals surface area contributed by atoms with Crippen LogP contribution in [0.3, 0.4) is 0 Å². The van der Waals surface area contributed by atoms with E-state index < -0.39 is 76.0 Å². The zero-order chi connectivity index (χ0) is 32.9. The minimum atomic E-state index is -5.73. The van der Waals surface area contributed by atoms with Crippen molar-refractivity contribution in [2.75, 3.05) is 12.2 Å². The normalized spacial score (nSPS) is 51.9. The molecule has 0 radical (unpaired) electrons. The number of hydrogen-bond acceptors (Lipinski definition) is 7. The maximum atomic E-state index is 12.5. The molecule has 0 unspecified atom stereocenters. The molecule has 0 bridgehead atoms. The number of fused-ring (bicyclic) bond motifs is 5. The number of nitrogens with one attached hydrogen (secondary N) is 1. The van der Waals surface area contributed by atoms with E-state index in [1.54, 1.807) is 5.32 Å². The molecule has 8 nitrogen and oxygen atoms in total. The number of hydrogen-bond donors (Lipinski definition) is 4. The van der Waals surface area contributed by atoms with Gasteiger partial charge in [0.2, 0.25) is 5.91 Å². The predicted molar refractivity (Wildman–Crippen MR) is 130 cm³/mol. The molecular formula is C26H44NNaO7S. The van der Waals surface area contributed by atoms with Crippen molar-refractivity contribution in [2.45, 2.75) is 96.8 Å². The Hall–Kier alpha value is 0.260. The van der Waals surface area contributed by atoms with Gasteiger partial charge in [-0.05, 0) is 97.6 Å². The molecule has 0 heterocycles. The third-order valence-electron chi connectivity index (χ3n) is 10.0. The molecule has 0 aromatic heterocycles. The van der Waals surface area contributed by atoms with Gasteiger partial charge in [0.25, 0.3) is 0 Å². The van der Waals surface area contributed by atoms with Crippen LogP contribution >= 0.6 is 0 Å². The Morgan fingerprint density at radius 3 is 2.58 bits per heavy atom. The van der Waals surface area contributed by atoms with Crippen molar-refractivity contribution in [1.82, 2.24) is 5.32 Å². The van der Waals surface area contributed by atoms with Gasteiger partial charge in [-0.3, -0.25) is 4.79 Å². The van der Waals surface area contributed by atoms with E-state index in [1.165, 1.54) is 0 Å². The summed E-state index contributed by atoms with van der Waals surface area (Å²) in [6.45, 7) is 2.19. The third kappa shape index (κ3) is 5.74. The summed E-state index contributed by atoms with van der Waals surface area (Å²) in [6.07, 6.45) is -6.71. The van der Waals surface area contributed by atoms with Crippen LogP contribution in [-0.2, 0) is 14.9 Å². The Morgan fingerprint density at radius 2 is 1.92 bits per heavy atom. The summed E-state index contributed by atoms with van der Waals surface area (Å²) in [6, 6.07) is 0. The molecule has 0 aliphatic heterocycles. The minimum absolute atomic E-state index is 0. The molecule has 11 atom stereocenters. The zero-order valence-electron chi connectivity index (χ0n) is 29.5. The van der Waals surface area contributed by atoms with Crippen LogP contribution in [0.1, 0.15) is 89.4 Å². The second-order valence-corrected chi connectivity index (χ2v) is 12.8. The largest absolute Gasteiger partial charge is 1.00 e. The second-order valence-electron chi connectivity index (χ2n) is 11.6. The summed E-state index contributed by atoms with van der Waals surface area (Å²) >= 11 is 0. The Kier molecular flexibility index (Phi) is 6.67. The van der Waals surface area contributed by atoms with Crippen molar-refractivity contribution in [3.63, 3.8) is 0 Å². The van der Waals surface area contributed by atoms with Crippen LogP contribution in [0.5, 0.6) is 0 Å². The first-order valence-electron chi connectivity index (χ1n) is 16.6. The van der Waals surface area contributed by atoms with Gasteiger partial charge < -0.3 is 25.2 Å². The van der Waals surface area contributed by atoms with E-state index in [2.05, 4.69) is 0 Å². The molecule has 4 fully saturated rings. The topological polar surface area (TPSA) is 147 Å². The van der Waals surface area contributed by atoms with E-state index in [0.717, 1.165) is 0 Å². The number of carbonyl (C=O) groups excluding carboxylic acids is 1. The van der Waals surface area contributed by atoms with Gasteiger partial charge in [-0.25, -0.2) is 8.42 Å². The van der Waals surface area contributed by atoms with E-state index in [0.29, 0.717) is 12.8 Å². The van der Waals surface area contributed by atoms with Crippen LogP contribution in [0.15, 0.2) is 0 Å². The Labute approximate surface area is 249 Å². The van der Waals surface area contributed by atoms with E-state index in [9.17, 15) is 33.1 Å². The Balaban J connectivity index is 0.00000529. The monoisotopic (exact) mass is 545 g/mol. The molecule has 202 valence electrons. The first-order chi connectivity index (χ1) is 19.3. The molecule has 1 amide bonds. The predicted octanol–water partition coefficient (Wildman–Crippen LogP) is -0.970. The first kappa shape index (κ1) is 21.1. The number of carbonyl (C=O) groups is 1. The molecule has 0 aromatic carbocycles. The van der Waals surface area contributed by atoms with E-state index in [1.807, 2.05) is 20.8 Å². The molecule has 4 N–H and O–H groups in total. The van der Waals surface area contributed by atoms with Crippen LogP contribution in [-0.4, -0.2) is 64.7 Å². The van der Waals surface area contributed by atoms with Gasteiger partial charge in [0, 0.05) is 21.1 Å². The molecule has 36 heavy (non-hydrogen) atoms. The van der Waals surface area contributed by atoms with Crippen molar-refractivity contribution in [1.29, 1.82) is 0 Å². The molecule has 4 aliphatic rings. The number of amides is 1. The molecule has 4 saturated carbocycles. The number of aliphatic hydroxyl groups excluding tert-OH is 3. The van der Waals surface area contributed by atoms with Crippen LogP contribution in [0.4, 0.5) is 0 Å². The van der Waals surface area contributed by atoms with Crippen molar-refractivity contribution in [3.8, 4) is 0 Å². The molecule has 0 spiro atoms. The summed E-state index contributed by atoms with van der Waals surface area (Å²) in [5.41, 5.74) is -5.50. The van der Waals surface area contributed by atoms with Gasteiger partial charge in [-0.15, -0.1) is 0 Å². The molecule has 10 heteroatoms. The van der Waals surface area contributed by atoms with E-state index >= 15 is 0 Å². The number of rotatable bonds is 7. The van der Waals surface area contributed by atoms with E-state index in [4.69, 9.17) is 11.0 Å². The standard InChI is InChI=1S/C26H45NO7S.Na/c1-15(4-7-23(31)27-10-11-35(32,33)34)18-5-6-19-24-20(14-22(30)26(18,19)3)25(2)9-8-17(28)12-16(25)13-21(24)29;/h15-22,24,28-30H,4-14H2,1-3H3,(H,27,31)(H,32,33,34);/q;+1/p-1/t15-,16+,17-,18-,19+,20+,21-,22+,24+,25+,26-;/m1./s1/i8D2,10D2,11D2,12D2;. The molecular weight excluding hydrogens is 493 g/mol. The Bertz CT molecular complexity index is 1230. The van der Waals surface area contributed by atoms with E-state index in [-0.39, 0.29) is 91.3 Å². The fraction of sp³-hybridized carbons (Fsp3) is 0.962. The quantitative estimate of drug-likeness (QED) is 0.238. The maximum Gasteiger partial charge on any atom is 1.00 e. The van der Waals surface area contributed by atoms with Gasteiger partial charge in [0.15, 0.2) is 0 Å². The van der Waals surface area contributed by atoms with Crippen LogP contribution in [0, 0.1) is 46.3 Å². The molecule has 0 aromatic rings. The fourth-order valence-corrected chi connectivity index (χ4v) is 8.39. The third-order valence-corrected chi connectivity index (χ3v) is 10.4. The minimum Gasteiger partial charge on any atom is -0.748 e. The number of aliphatic hydroxyl groups is 3. The van der Waals surface area contributed by atoms with Crippen LogP contribution in [0.25, 0.3) is 0 Å². The van der Waals surface area contributed by atoms with Gasteiger partial charge in [0.1, 0.15) is 0 Å². The van der Waals surface area contributed by atoms with Gasteiger partial charge >= 0.3 is 29.6 Å². The van der Waals surface area contributed by atoms with Crippen molar-refractivity contribution in [2.24, 2.45) is 46.3 Å². The van der Waals surface area contributed by atoms with Crippen molar-refractivity contribution in [3.05, 3.63) is 0 Å². The summed E-state index contributed by atoms with van der Waals surface area (Å²) in [5, 5.41) is 35.5. The van der Waals surface area contributed by atoms with Crippen LogP contribution in [0.2, 0.25) is 0 Å². The zero-order valence-corrected chi connectivity index (χ0v) is 24.3.